The first-order valence-electron chi connectivity index (χ1n) is 6.93. The molecular formula is C15H15N3O3. The zero-order chi connectivity index (χ0) is 14.8. The highest BCUT2D eigenvalue weighted by Gasteiger charge is 2.43. The van der Waals surface area contributed by atoms with Crippen LogP contribution in [0, 0.1) is 11.3 Å². The van der Waals surface area contributed by atoms with Gasteiger partial charge in [-0.15, -0.1) is 0 Å². The summed E-state index contributed by atoms with van der Waals surface area (Å²) in [5, 5.41) is 8.96. The van der Waals surface area contributed by atoms with Gasteiger partial charge < -0.3 is 9.64 Å². The van der Waals surface area contributed by atoms with E-state index in [4.69, 9.17) is 10.00 Å². The SMILES string of the molecule is N#Cc1ccccc1OCCN1C(=O)CN(C2CC2)C1=O. The van der Waals surface area contributed by atoms with Gasteiger partial charge in [-0.3, -0.25) is 9.69 Å². The fourth-order valence-electron chi connectivity index (χ4n) is 2.38. The minimum absolute atomic E-state index is 0.177. The molecule has 1 aromatic carbocycles. The number of amides is 3. The second-order valence-electron chi connectivity index (χ2n) is 5.14. The van der Waals surface area contributed by atoms with Crippen LogP contribution in [0.2, 0.25) is 0 Å². The van der Waals surface area contributed by atoms with Crippen LogP contribution in [-0.2, 0) is 4.79 Å². The third kappa shape index (κ3) is 2.68. The Morgan fingerprint density at radius 2 is 2.05 bits per heavy atom. The Kier molecular flexibility index (Phi) is 3.48. The summed E-state index contributed by atoms with van der Waals surface area (Å²) in [7, 11) is 0. The summed E-state index contributed by atoms with van der Waals surface area (Å²) in [5.41, 5.74) is 0.441. The van der Waals surface area contributed by atoms with Crippen molar-refractivity contribution in [3.63, 3.8) is 0 Å². The van der Waals surface area contributed by atoms with E-state index in [2.05, 4.69) is 0 Å². The fourth-order valence-corrected chi connectivity index (χ4v) is 2.38. The Labute approximate surface area is 122 Å². The molecule has 1 saturated heterocycles. The molecule has 3 amide bonds. The van der Waals surface area contributed by atoms with Crippen molar-refractivity contribution in [2.75, 3.05) is 19.7 Å². The lowest BCUT2D eigenvalue weighted by Crippen LogP contribution is -2.36. The number of hydrogen-bond donors (Lipinski definition) is 0. The van der Waals surface area contributed by atoms with Crippen LogP contribution in [0.4, 0.5) is 4.79 Å². The van der Waals surface area contributed by atoms with Gasteiger partial charge in [-0.25, -0.2) is 4.79 Å². The van der Waals surface area contributed by atoms with Crippen molar-refractivity contribution in [1.82, 2.24) is 9.80 Å². The normalized spacial score (nSPS) is 18.0. The van der Waals surface area contributed by atoms with E-state index in [0.29, 0.717) is 11.3 Å². The maximum Gasteiger partial charge on any atom is 0.327 e. The van der Waals surface area contributed by atoms with Crippen molar-refractivity contribution in [1.29, 1.82) is 5.26 Å². The average molecular weight is 285 g/mol. The molecule has 3 rings (SSSR count). The van der Waals surface area contributed by atoms with Gasteiger partial charge >= 0.3 is 6.03 Å². The van der Waals surface area contributed by atoms with Crippen molar-refractivity contribution in [2.45, 2.75) is 18.9 Å². The molecule has 0 radical (unpaired) electrons. The van der Waals surface area contributed by atoms with Crippen LogP contribution in [0.15, 0.2) is 24.3 Å². The summed E-state index contributed by atoms with van der Waals surface area (Å²) in [5.74, 6) is 0.294. The lowest BCUT2D eigenvalue weighted by Gasteiger charge is -2.16. The number of ether oxygens (including phenoxy) is 1. The predicted molar refractivity (Wildman–Crippen MR) is 73.5 cm³/mol. The quantitative estimate of drug-likeness (QED) is 0.766. The van der Waals surface area contributed by atoms with E-state index in [9.17, 15) is 9.59 Å². The van der Waals surface area contributed by atoms with Crippen molar-refractivity contribution >= 4 is 11.9 Å². The molecule has 21 heavy (non-hydrogen) atoms. The Hall–Kier alpha value is -2.55. The first-order chi connectivity index (χ1) is 10.2. The molecule has 0 N–H and O–H groups in total. The third-order valence-electron chi connectivity index (χ3n) is 3.65. The first kappa shape index (κ1) is 13.4. The topological polar surface area (TPSA) is 73.6 Å². The Balaban J connectivity index is 1.57. The van der Waals surface area contributed by atoms with E-state index in [1.54, 1.807) is 29.2 Å². The molecule has 6 nitrogen and oxygen atoms in total. The van der Waals surface area contributed by atoms with E-state index in [0.717, 1.165) is 12.8 Å². The van der Waals surface area contributed by atoms with Crippen molar-refractivity contribution in [2.24, 2.45) is 0 Å². The van der Waals surface area contributed by atoms with Crippen molar-refractivity contribution < 1.29 is 14.3 Å². The van der Waals surface area contributed by atoms with Crippen molar-refractivity contribution in [3.05, 3.63) is 29.8 Å². The number of benzene rings is 1. The molecule has 0 aromatic heterocycles. The summed E-state index contributed by atoms with van der Waals surface area (Å²) in [6, 6.07) is 8.95. The summed E-state index contributed by atoms with van der Waals surface area (Å²) < 4.78 is 5.51. The molecule has 0 unspecified atom stereocenters. The molecule has 0 bridgehead atoms. The number of urea groups is 1. The molecule has 2 aliphatic rings. The monoisotopic (exact) mass is 285 g/mol. The Morgan fingerprint density at radius 1 is 1.29 bits per heavy atom. The number of para-hydroxylation sites is 1. The smallest absolute Gasteiger partial charge is 0.327 e. The van der Waals surface area contributed by atoms with Gasteiger partial charge in [0.2, 0.25) is 5.91 Å². The number of nitriles is 1. The van der Waals surface area contributed by atoms with Gasteiger partial charge in [0.05, 0.1) is 12.1 Å². The molecule has 0 atom stereocenters. The van der Waals surface area contributed by atoms with E-state index in [1.165, 1.54) is 4.90 Å². The average Bonchev–Trinajstić information content (AvgIpc) is 3.29. The van der Waals surface area contributed by atoms with Crippen LogP contribution < -0.4 is 4.74 Å². The largest absolute Gasteiger partial charge is 0.490 e. The maximum atomic E-state index is 12.1. The lowest BCUT2D eigenvalue weighted by atomic mass is 10.2. The van der Waals surface area contributed by atoms with Crippen LogP contribution in [-0.4, -0.2) is 47.5 Å². The molecule has 108 valence electrons. The van der Waals surface area contributed by atoms with Crippen LogP contribution in [0.3, 0.4) is 0 Å². The Morgan fingerprint density at radius 3 is 2.76 bits per heavy atom. The highest BCUT2D eigenvalue weighted by atomic mass is 16.5. The maximum absolute atomic E-state index is 12.1. The summed E-state index contributed by atoms with van der Waals surface area (Å²) in [6.07, 6.45) is 1.97. The number of carbonyl (C=O) groups excluding carboxylic acids is 2. The fraction of sp³-hybridized carbons (Fsp3) is 0.400. The second kappa shape index (κ2) is 5.44. The van der Waals surface area contributed by atoms with E-state index in [-0.39, 0.29) is 37.7 Å². The molecule has 1 aliphatic heterocycles. The molecule has 1 saturated carbocycles. The minimum Gasteiger partial charge on any atom is -0.490 e. The second-order valence-corrected chi connectivity index (χ2v) is 5.14. The van der Waals surface area contributed by atoms with Gasteiger partial charge in [0, 0.05) is 6.04 Å². The molecule has 1 aliphatic carbocycles. The van der Waals surface area contributed by atoms with Gasteiger partial charge in [-0.2, -0.15) is 5.26 Å². The minimum atomic E-state index is -0.223. The first-order valence-corrected chi connectivity index (χ1v) is 6.93. The van der Waals surface area contributed by atoms with Gasteiger partial charge in [0.1, 0.15) is 25.0 Å². The zero-order valence-electron chi connectivity index (χ0n) is 11.5. The highest BCUT2D eigenvalue weighted by molar-refractivity contribution is 6.02. The van der Waals surface area contributed by atoms with Crippen LogP contribution in [0.25, 0.3) is 0 Å². The number of hydrogen-bond acceptors (Lipinski definition) is 4. The molecule has 6 heteroatoms. The van der Waals surface area contributed by atoms with Crippen LogP contribution in [0.1, 0.15) is 18.4 Å². The molecule has 2 fully saturated rings. The van der Waals surface area contributed by atoms with Gasteiger partial charge in [0.25, 0.3) is 0 Å². The van der Waals surface area contributed by atoms with E-state index >= 15 is 0 Å². The molecular weight excluding hydrogens is 270 g/mol. The molecule has 0 spiro atoms. The zero-order valence-corrected chi connectivity index (χ0v) is 11.5. The van der Waals surface area contributed by atoms with Gasteiger partial charge in [-0.05, 0) is 25.0 Å². The molecule has 1 aromatic rings. The van der Waals surface area contributed by atoms with Gasteiger partial charge in [-0.1, -0.05) is 12.1 Å². The lowest BCUT2D eigenvalue weighted by molar-refractivity contribution is -0.125. The summed E-state index contributed by atoms with van der Waals surface area (Å²) in [4.78, 5) is 26.8. The van der Waals surface area contributed by atoms with Gasteiger partial charge in [0.15, 0.2) is 0 Å². The van der Waals surface area contributed by atoms with Crippen LogP contribution in [0.5, 0.6) is 5.75 Å². The molecule has 1 heterocycles. The number of nitrogens with zero attached hydrogens (tertiary/aromatic N) is 3. The van der Waals surface area contributed by atoms with E-state index < -0.39 is 0 Å². The van der Waals surface area contributed by atoms with Crippen molar-refractivity contribution in [3.8, 4) is 11.8 Å². The van der Waals surface area contributed by atoms with E-state index in [1.807, 2.05) is 6.07 Å². The third-order valence-corrected chi connectivity index (χ3v) is 3.65. The summed E-state index contributed by atoms with van der Waals surface area (Å²) >= 11 is 0. The number of rotatable bonds is 5. The summed E-state index contributed by atoms with van der Waals surface area (Å²) in [6.45, 7) is 0.577. The standard InChI is InChI=1S/C15H15N3O3/c16-9-11-3-1-2-4-13(11)21-8-7-17-14(19)10-18(15(17)20)12-5-6-12/h1-4,12H,5-8,10H2. The highest BCUT2D eigenvalue weighted by Crippen LogP contribution is 2.30. The Bertz CT molecular complexity index is 619. The van der Waals surface area contributed by atoms with Crippen LogP contribution >= 0.6 is 0 Å². The predicted octanol–water partition coefficient (Wildman–Crippen LogP) is 1.36. The number of imide groups is 1. The number of carbonyl (C=O) groups is 2.